The zero-order valence-corrected chi connectivity index (χ0v) is 27.6. The largest absolute Gasteiger partial charge is 0.309 e. The fourth-order valence-electron chi connectivity index (χ4n) is 8.80. The van der Waals surface area contributed by atoms with Crippen molar-refractivity contribution in [3.8, 4) is 34.0 Å². The zero-order chi connectivity index (χ0) is 33.6. The molecule has 0 saturated carbocycles. The second kappa shape index (κ2) is 10.5. The lowest BCUT2D eigenvalue weighted by Gasteiger charge is -2.18. The standard InChI is InChI=1S/C49H28N2/c50-29-31-21-25-46-48-34(31)22-23-41-40(24-26-47(49(41)48)51(46)32-13-2-1-3-14-32)43-28-45-38-18-8-6-16-36(38)42(27-44(45)39-19-9-7-17-37(39)43)35-20-10-12-30-11-4-5-15-33(30)35/h1-28H. The molecule has 11 aromatic rings. The van der Waals surface area contributed by atoms with Crippen molar-refractivity contribution in [3.63, 3.8) is 0 Å². The number of benzene rings is 10. The molecule has 11 rings (SSSR count). The number of nitrogens with zero attached hydrogens (tertiary/aromatic N) is 2. The summed E-state index contributed by atoms with van der Waals surface area (Å²) in [5.41, 5.74) is 8.98. The normalized spacial score (nSPS) is 11.9. The van der Waals surface area contributed by atoms with Gasteiger partial charge in [-0.1, -0.05) is 127 Å². The third-order valence-electron chi connectivity index (χ3n) is 11.0. The molecular weight excluding hydrogens is 617 g/mol. The van der Waals surface area contributed by atoms with Crippen molar-refractivity contribution in [2.24, 2.45) is 0 Å². The third-order valence-corrected chi connectivity index (χ3v) is 11.0. The van der Waals surface area contributed by atoms with Crippen LogP contribution in [0.25, 0.3) is 104 Å². The van der Waals surface area contributed by atoms with Crippen molar-refractivity contribution in [3.05, 3.63) is 175 Å². The van der Waals surface area contributed by atoms with Crippen molar-refractivity contribution >= 4 is 75.7 Å². The molecule has 0 aliphatic carbocycles. The van der Waals surface area contributed by atoms with Gasteiger partial charge in [-0.2, -0.15) is 5.26 Å². The van der Waals surface area contributed by atoms with Crippen molar-refractivity contribution in [2.75, 3.05) is 0 Å². The molecule has 0 aliphatic rings. The van der Waals surface area contributed by atoms with Crippen LogP contribution >= 0.6 is 0 Å². The Hall–Kier alpha value is -6.95. The Labute approximate surface area is 294 Å². The summed E-state index contributed by atoms with van der Waals surface area (Å²) < 4.78 is 2.34. The van der Waals surface area contributed by atoms with Crippen LogP contribution in [0.4, 0.5) is 0 Å². The Kier molecular flexibility index (Phi) is 5.77. The summed E-state index contributed by atoms with van der Waals surface area (Å²) in [4.78, 5) is 0. The summed E-state index contributed by atoms with van der Waals surface area (Å²) in [5.74, 6) is 0. The van der Waals surface area contributed by atoms with E-state index in [1.807, 2.05) is 6.07 Å². The third kappa shape index (κ3) is 3.86. The van der Waals surface area contributed by atoms with Crippen LogP contribution in [0.2, 0.25) is 0 Å². The van der Waals surface area contributed by atoms with E-state index in [-0.39, 0.29) is 0 Å². The van der Waals surface area contributed by atoms with E-state index < -0.39 is 0 Å². The minimum Gasteiger partial charge on any atom is -0.309 e. The van der Waals surface area contributed by atoms with E-state index in [0.717, 1.165) is 27.5 Å². The maximum atomic E-state index is 10.1. The fourth-order valence-corrected chi connectivity index (χ4v) is 8.80. The maximum absolute atomic E-state index is 10.1. The number of hydrogen-bond acceptors (Lipinski definition) is 1. The molecule has 1 heterocycles. The molecule has 2 heteroatoms. The van der Waals surface area contributed by atoms with Crippen LogP contribution in [0.5, 0.6) is 0 Å². The van der Waals surface area contributed by atoms with E-state index in [1.54, 1.807) is 0 Å². The van der Waals surface area contributed by atoms with Gasteiger partial charge in [-0.15, -0.1) is 0 Å². The summed E-state index contributed by atoms with van der Waals surface area (Å²) in [6, 6.07) is 63.9. The molecule has 0 unspecified atom stereocenters. The van der Waals surface area contributed by atoms with E-state index in [1.165, 1.54) is 76.1 Å². The Balaban J connectivity index is 1.26. The molecule has 0 spiro atoms. The molecule has 234 valence electrons. The second-order valence-electron chi connectivity index (χ2n) is 13.5. The molecule has 0 radical (unpaired) electrons. The highest BCUT2D eigenvalue weighted by atomic mass is 15.0. The highest BCUT2D eigenvalue weighted by molar-refractivity contribution is 6.30. The molecular formula is C49H28N2. The van der Waals surface area contributed by atoms with Gasteiger partial charge in [0.15, 0.2) is 0 Å². The summed E-state index contributed by atoms with van der Waals surface area (Å²) in [6.07, 6.45) is 0. The van der Waals surface area contributed by atoms with Gasteiger partial charge in [0.2, 0.25) is 0 Å². The predicted octanol–water partition coefficient (Wildman–Crippen LogP) is 13.2. The van der Waals surface area contributed by atoms with Crippen LogP contribution in [0.1, 0.15) is 5.56 Å². The quantitative estimate of drug-likeness (QED) is 0.176. The molecule has 1 aromatic heterocycles. The lowest BCUT2D eigenvalue weighted by molar-refractivity contribution is 1.18. The van der Waals surface area contributed by atoms with Crippen LogP contribution in [-0.4, -0.2) is 4.57 Å². The van der Waals surface area contributed by atoms with Gasteiger partial charge in [0.05, 0.1) is 22.7 Å². The Bertz CT molecular complexity index is 3240. The van der Waals surface area contributed by atoms with Gasteiger partial charge >= 0.3 is 0 Å². The van der Waals surface area contributed by atoms with Gasteiger partial charge in [0, 0.05) is 21.8 Å². The lowest BCUT2D eigenvalue weighted by Crippen LogP contribution is -1.93. The highest BCUT2D eigenvalue weighted by Gasteiger charge is 2.22. The van der Waals surface area contributed by atoms with Gasteiger partial charge in [0.25, 0.3) is 0 Å². The second-order valence-corrected chi connectivity index (χ2v) is 13.5. The van der Waals surface area contributed by atoms with Crippen molar-refractivity contribution < 1.29 is 0 Å². The van der Waals surface area contributed by atoms with Crippen molar-refractivity contribution in [1.29, 1.82) is 5.26 Å². The van der Waals surface area contributed by atoms with Crippen LogP contribution in [-0.2, 0) is 0 Å². The van der Waals surface area contributed by atoms with Crippen LogP contribution in [0.3, 0.4) is 0 Å². The van der Waals surface area contributed by atoms with Gasteiger partial charge in [-0.3, -0.25) is 0 Å². The van der Waals surface area contributed by atoms with E-state index in [0.29, 0.717) is 5.56 Å². The van der Waals surface area contributed by atoms with Gasteiger partial charge < -0.3 is 4.57 Å². The molecule has 0 atom stereocenters. The Morgan fingerprint density at radius 3 is 1.57 bits per heavy atom. The first-order valence-corrected chi connectivity index (χ1v) is 17.4. The molecule has 0 fully saturated rings. The molecule has 0 aliphatic heterocycles. The van der Waals surface area contributed by atoms with Crippen LogP contribution < -0.4 is 0 Å². The minimum atomic E-state index is 0.700. The molecule has 0 N–H and O–H groups in total. The van der Waals surface area contributed by atoms with Crippen LogP contribution in [0, 0.1) is 11.3 Å². The van der Waals surface area contributed by atoms with E-state index >= 15 is 0 Å². The van der Waals surface area contributed by atoms with Crippen molar-refractivity contribution in [2.45, 2.75) is 0 Å². The summed E-state index contributed by atoms with van der Waals surface area (Å²) in [6.45, 7) is 0. The molecule has 0 bridgehead atoms. The number of aromatic nitrogens is 1. The van der Waals surface area contributed by atoms with Gasteiger partial charge in [0.1, 0.15) is 0 Å². The highest BCUT2D eigenvalue weighted by Crippen LogP contribution is 2.47. The number of hydrogen-bond donors (Lipinski definition) is 0. The summed E-state index contributed by atoms with van der Waals surface area (Å²) >= 11 is 0. The first-order valence-electron chi connectivity index (χ1n) is 17.4. The topological polar surface area (TPSA) is 28.7 Å². The first kappa shape index (κ1) is 27.9. The molecule has 51 heavy (non-hydrogen) atoms. The number of nitriles is 1. The SMILES string of the molecule is N#Cc1ccc2c3c1ccc1c(-c4cc5c6ccccc6c(-c6cccc7ccccc67)cc5c5ccccc45)ccc(c13)n2-c1ccccc1. The Morgan fingerprint density at radius 2 is 0.882 bits per heavy atom. The van der Waals surface area contributed by atoms with Crippen molar-refractivity contribution in [1.82, 2.24) is 4.57 Å². The minimum absolute atomic E-state index is 0.700. The molecule has 10 aromatic carbocycles. The zero-order valence-electron chi connectivity index (χ0n) is 27.6. The van der Waals surface area contributed by atoms with Crippen LogP contribution in [0.15, 0.2) is 170 Å². The van der Waals surface area contributed by atoms with E-state index in [9.17, 15) is 5.26 Å². The lowest BCUT2D eigenvalue weighted by atomic mass is 9.85. The fraction of sp³-hybridized carbons (Fsp3) is 0. The number of fused-ring (bicyclic) bond motifs is 6. The average molecular weight is 645 g/mol. The molecule has 0 amide bonds. The van der Waals surface area contributed by atoms with E-state index in [4.69, 9.17) is 0 Å². The predicted molar refractivity (Wildman–Crippen MR) is 215 cm³/mol. The molecule has 0 saturated heterocycles. The molecule has 2 nitrogen and oxygen atoms in total. The number of rotatable bonds is 3. The van der Waals surface area contributed by atoms with Gasteiger partial charge in [-0.25, -0.2) is 0 Å². The smallest absolute Gasteiger partial charge is 0.0998 e. The summed E-state index contributed by atoms with van der Waals surface area (Å²) in [7, 11) is 0. The van der Waals surface area contributed by atoms with Gasteiger partial charge in [-0.05, 0) is 113 Å². The van der Waals surface area contributed by atoms with E-state index in [2.05, 4.69) is 174 Å². The maximum Gasteiger partial charge on any atom is 0.0998 e. The Morgan fingerprint density at radius 1 is 0.353 bits per heavy atom. The first-order chi connectivity index (χ1) is 25.3. The monoisotopic (exact) mass is 644 g/mol. The number of para-hydroxylation sites is 1. The summed E-state index contributed by atoms with van der Waals surface area (Å²) in [5, 5.41) is 24.6. The average Bonchev–Trinajstić information content (AvgIpc) is 3.54.